The second-order valence-electron chi connectivity index (χ2n) is 5.43. The first kappa shape index (κ1) is 16.9. The van der Waals surface area contributed by atoms with E-state index in [-0.39, 0.29) is 13.2 Å². The third-order valence-electron chi connectivity index (χ3n) is 4.00. The summed E-state index contributed by atoms with van der Waals surface area (Å²) in [4.78, 5) is 24.8. The van der Waals surface area contributed by atoms with Crippen molar-refractivity contribution < 1.29 is 19.1 Å². The molecule has 0 spiro atoms. The second-order valence-corrected chi connectivity index (χ2v) is 6.21. The molecule has 0 bridgehead atoms. The molecule has 7 heteroatoms. The van der Waals surface area contributed by atoms with Crippen LogP contribution in [0.2, 0.25) is 10.0 Å². The van der Waals surface area contributed by atoms with Crippen molar-refractivity contribution in [2.45, 2.75) is 19.8 Å². The molecule has 0 aliphatic carbocycles. The van der Waals surface area contributed by atoms with Gasteiger partial charge < -0.3 is 14.8 Å². The molecule has 24 heavy (non-hydrogen) atoms. The van der Waals surface area contributed by atoms with Crippen molar-refractivity contribution in [3.8, 4) is 0 Å². The Kier molecular flexibility index (Phi) is 4.56. The summed E-state index contributed by atoms with van der Waals surface area (Å²) < 4.78 is 10.3. The molecule has 2 aliphatic rings. The second kappa shape index (κ2) is 6.49. The monoisotopic (exact) mass is 367 g/mol. The van der Waals surface area contributed by atoms with Crippen molar-refractivity contribution in [1.29, 1.82) is 0 Å². The number of rotatable bonds is 3. The van der Waals surface area contributed by atoms with Crippen LogP contribution in [0.15, 0.2) is 40.7 Å². The number of ether oxygens (including phenoxy) is 2. The SMILES string of the molecule is CCOC(=O)C1=C(C)NC2=C(C(=O)OC2)C1c1cccc(Cl)c1Cl. The molecule has 0 saturated carbocycles. The van der Waals surface area contributed by atoms with E-state index in [4.69, 9.17) is 32.7 Å². The molecule has 1 unspecified atom stereocenters. The maximum absolute atomic E-state index is 12.5. The lowest BCUT2D eigenvalue weighted by Crippen LogP contribution is -2.30. The summed E-state index contributed by atoms with van der Waals surface area (Å²) in [5.41, 5.74) is 2.50. The molecule has 1 aromatic carbocycles. The van der Waals surface area contributed by atoms with Crippen molar-refractivity contribution in [1.82, 2.24) is 5.32 Å². The third-order valence-corrected chi connectivity index (χ3v) is 4.83. The fourth-order valence-corrected chi connectivity index (χ4v) is 3.42. The summed E-state index contributed by atoms with van der Waals surface area (Å²) in [6.07, 6.45) is 0. The van der Waals surface area contributed by atoms with Gasteiger partial charge in [-0.25, -0.2) is 9.59 Å². The van der Waals surface area contributed by atoms with Crippen LogP contribution in [0.3, 0.4) is 0 Å². The Balaban J connectivity index is 2.21. The number of carbonyl (C=O) groups excluding carboxylic acids is 2. The molecular weight excluding hydrogens is 353 g/mol. The zero-order valence-electron chi connectivity index (χ0n) is 13.1. The van der Waals surface area contributed by atoms with Gasteiger partial charge in [-0.05, 0) is 25.5 Å². The highest BCUT2D eigenvalue weighted by molar-refractivity contribution is 6.42. The van der Waals surface area contributed by atoms with Crippen LogP contribution in [0, 0.1) is 0 Å². The van der Waals surface area contributed by atoms with Crippen molar-refractivity contribution in [2.24, 2.45) is 0 Å². The Hall–Kier alpha value is -1.98. The van der Waals surface area contributed by atoms with Gasteiger partial charge in [0, 0.05) is 5.70 Å². The van der Waals surface area contributed by atoms with Crippen LogP contribution in [0.25, 0.3) is 0 Å². The molecule has 0 saturated heterocycles. The number of allylic oxidation sites excluding steroid dienone is 1. The topological polar surface area (TPSA) is 64.6 Å². The van der Waals surface area contributed by atoms with Gasteiger partial charge in [0.05, 0.1) is 39.4 Å². The molecule has 3 rings (SSSR count). The maximum atomic E-state index is 12.5. The minimum absolute atomic E-state index is 0.135. The van der Waals surface area contributed by atoms with E-state index in [0.29, 0.717) is 38.1 Å². The van der Waals surface area contributed by atoms with Gasteiger partial charge in [0.15, 0.2) is 0 Å². The third kappa shape index (κ3) is 2.68. The van der Waals surface area contributed by atoms with E-state index >= 15 is 0 Å². The number of hydrogen-bond donors (Lipinski definition) is 1. The van der Waals surface area contributed by atoms with Crippen molar-refractivity contribution in [3.05, 3.63) is 56.3 Å². The number of esters is 2. The summed E-state index contributed by atoms with van der Waals surface area (Å²) in [6.45, 7) is 3.84. The normalized spacial score (nSPS) is 19.8. The van der Waals surface area contributed by atoms with E-state index in [1.54, 1.807) is 32.0 Å². The molecule has 2 aliphatic heterocycles. The van der Waals surface area contributed by atoms with E-state index in [0.717, 1.165) is 0 Å². The Bertz CT molecular complexity index is 798. The molecular formula is C17H15Cl2NO4. The van der Waals surface area contributed by atoms with Crippen LogP contribution in [0.5, 0.6) is 0 Å². The predicted molar refractivity (Wildman–Crippen MR) is 89.7 cm³/mol. The van der Waals surface area contributed by atoms with E-state index < -0.39 is 17.9 Å². The first-order valence-corrected chi connectivity index (χ1v) is 8.20. The summed E-state index contributed by atoms with van der Waals surface area (Å²) >= 11 is 12.5. The summed E-state index contributed by atoms with van der Waals surface area (Å²) in [6, 6.07) is 5.12. The Morgan fingerprint density at radius 2 is 2.17 bits per heavy atom. The zero-order valence-corrected chi connectivity index (χ0v) is 14.6. The van der Waals surface area contributed by atoms with Crippen LogP contribution < -0.4 is 5.32 Å². The number of carbonyl (C=O) groups is 2. The number of cyclic esters (lactones) is 1. The number of dihydropyridines is 1. The summed E-state index contributed by atoms with van der Waals surface area (Å²) in [5.74, 6) is -1.66. The predicted octanol–water partition coefficient (Wildman–Crippen LogP) is 3.33. The summed E-state index contributed by atoms with van der Waals surface area (Å²) in [5, 5.41) is 3.72. The zero-order chi connectivity index (χ0) is 17.4. The molecule has 0 amide bonds. The van der Waals surface area contributed by atoms with Crippen molar-refractivity contribution >= 4 is 35.1 Å². The van der Waals surface area contributed by atoms with Crippen LogP contribution in [-0.2, 0) is 19.1 Å². The number of halogens is 2. The molecule has 5 nitrogen and oxygen atoms in total. The average molecular weight is 368 g/mol. The standard InChI is InChI=1S/C17H15Cl2NO4/c1-3-23-16(21)12-8(2)20-11-7-24-17(22)14(11)13(12)9-5-4-6-10(18)15(9)19/h4-6,13,20H,3,7H2,1-2H3. The summed E-state index contributed by atoms with van der Waals surface area (Å²) in [7, 11) is 0. The van der Waals surface area contributed by atoms with Crippen LogP contribution in [0.1, 0.15) is 25.3 Å². The highest BCUT2D eigenvalue weighted by Crippen LogP contribution is 2.44. The maximum Gasteiger partial charge on any atom is 0.337 e. The largest absolute Gasteiger partial charge is 0.463 e. The fourth-order valence-electron chi connectivity index (χ4n) is 3.00. The van der Waals surface area contributed by atoms with E-state index in [1.807, 2.05) is 0 Å². The van der Waals surface area contributed by atoms with Gasteiger partial charge >= 0.3 is 11.9 Å². The highest BCUT2D eigenvalue weighted by Gasteiger charge is 2.42. The van der Waals surface area contributed by atoms with E-state index in [9.17, 15) is 9.59 Å². The van der Waals surface area contributed by atoms with Crippen LogP contribution in [-0.4, -0.2) is 25.2 Å². The lowest BCUT2D eigenvalue weighted by atomic mass is 9.81. The van der Waals surface area contributed by atoms with Gasteiger partial charge in [-0.2, -0.15) is 0 Å². The average Bonchev–Trinajstić information content (AvgIpc) is 2.90. The van der Waals surface area contributed by atoms with Gasteiger partial charge in [-0.15, -0.1) is 0 Å². The number of hydrogen-bond acceptors (Lipinski definition) is 5. The minimum Gasteiger partial charge on any atom is -0.463 e. The lowest BCUT2D eigenvalue weighted by Gasteiger charge is -2.28. The Labute approximate surface area is 149 Å². The molecule has 0 aromatic heterocycles. The minimum atomic E-state index is -0.679. The van der Waals surface area contributed by atoms with Gasteiger partial charge in [0.1, 0.15) is 6.61 Å². The van der Waals surface area contributed by atoms with Gasteiger partial charge in [0.2, 0.25) is 0 Å². The first-order valence-electron chi connectivity index (χ1n) is 7.44. The number of benzene rings is 1. The van der Waals surface area contributed by atoms with Crippen molar-refractivity contribution in [2.75, 3.05) is 13.2 Å². The molecule has 1 aromatic rings. The molecule has 0 fully saturated rings. The molecule has 0 radical (unpaired) electrons. The quantitative estimate of drug-likeness (QED) is 0.830. The smallest absolute Gasteiger partial charge is 0.337 e. The first-order chi connectivity index (χ1) is 11.5. The molecule has 1 N–H and O–H groups in total. The van der Waals surface area contributed by atoms with E-state index in [1.165, 1.54) is 0 Å². The van der Waals surface area contributed by atoms with Gasteiger partial charge in [-0.1, -0.05) is 35.3 Å². The Morgan fingerprint density at radius 1 is 1.42 bits per heavy atom. The highest BCUT2D eigenvalue weighted by atomic mass is 35.5. The Morgan fingerprint density at radius 3 is 2.88 bits per heavy atom. The van der Waals surface area contributed by atoms with Gasteiger partial charge in [-0.3, -0.25) is 0 Å². The number of nitrogens with one attached hydrogen (secondary N) is 1. The van der Waals surface area contributed by atoms with E-state index in [2.05, 4.69) is 5.32 Å². The molecule has 126 valence electrons. The lowest BCUT2D eigenvalue weighted by molar-refractivity contribution is -0.138. The fraction of sp³-hybridized carbons (Fsp3) is 0.294. The molecule has 1 atom stereocenters. The van der Waals surface area contributed by atoms with Crippen LogP contribution >= 0.6 is 23.2 Å². The molecule has 2 heterocycles. The van der Waals surface area contributed by atoms with Crippen molar-refractivity contribution in [3.63, 3.8) is 0 Å². The van der Waals surface area contributed by atoms with Crippen LogP contribution in [0.4, 0.5) is 0 Å². The van der Waals surface area contributed by atoms with Gasteiger partial charge in [0.25, 0.3) is 0 Å².